The molecule has 3 aromatic rings. The SMILES string of the molecule is CCCCC(CC)COc1ccc(-c2ccccc2)c2ccc(CC(=O)C3=C(C(C)=O)CCC(OCC)=C3)nc12. The van der Waals surface area contributed by atoms with E-state index < -0.39 is 0 Å². The van der Waals surface area contributed by atoms with Crippen molar-refractivity contribution in [2.75, 3.05) is 13.2 Å². The van der Waals surface area contributed by atoms with Gasteiger partial charge < -0.3 is 9.47 Å². The van der Waals surface area contributed by atoms with Gasteiger partial charge in [0.1, 0.15) is 11.3 Å². The molecule has 210 valence electrons. The first kappa shape index (κ1) is 29.3. The van der Waals surface area contributed by atoms with Crippen LogP contribution in [-0.4, -0.2) is 29.8 Å². The summed E-state index contributed by atoms with van der Waals surface area (Å²) in [5.74, 6) is 1.78. The molecule has 40 heavy (non-hydrogen) atoms. The van der Waals surface area contributed by atoms with Crippen LogP contribution in [0.3, 0.4) is 0 Å². The molecule has 0 saturated carbocycles. The number of carbonyl (C=O) groups excluding carboxylic acids is 2. The van der Waals surface area contributed by atoms with Crippen molar-refractivity contribution < 1.29 is 19.1 Å². The Bertz CT molecular complexity index is 1400. The minimum Gasteiger partial charge on any atom is -0.498 e. The average molecular weight is 540 g/mol. The quantitative estimate of drug-likeness (QED) is 0.207. The second kappa shape index (κ2) is 14.1. The van der Waals surface area contributed by atoms with Gasteiger partial charge in [-0.25, -0.2) is 4.98 Å². The molecule has 0 saturated heterocycles. The summed E-state index contributed by atoms with van der Waals surface area (Å²) in [6, 6.07) is 18.3. The minimum atomic E-state index is -0.124. The zero-order chi connectivity index (χ0) is 28.5. The first-order valence-corrected chi connectivity index (χ1v) is 14.7. The third-order valence-corrected chi connectivity index (χ3v) is 7.63. The number of carbonyl (C=O) groups is 2. The van der Waals surface area contributed by atoms with Gasteiger partial charge in [0.2, 0.25) is 0 Å². The van der Waals surface area contributed by atoms with Gasteiger partial charge in [-0.05, 0) is 68.0 Å². The number of ketones is 2. The summed E-state index contributed by atoms with van der Waals surface area (Å²) in [6.07, 6.45) is 7.57. The highest BCUT2D eigenvalue weighted by Crippen LogP contribution is 2.35. The number of unbranched alkanes of at least 4 members (excludes halogenated alkanes) is 1. The van der Waals surface area contributed by atoms with Crippen molar-refractivity contribution in [1.29, 1.82) is 0 Å². The average Bonchev–Trinajstić information content (AvgIpc) is 2.97. The van der Waals surface area contributed by atoms with Crippen LogP contribution in [0.1, 0.15) is 71.9 Å². The van der Waals surface area contributed by atoms with Gasteiger partial charge in [-0.15, -0.1) is 0 Å². The van der Waals surface area contributed by atoms with Crippen molar-refractivity contribution in [3.05, 3.63) is 83.3 Å². The van der Waals surface area contributed by atoms with Crippen LogP contribution in [0.2, 0.25) is 0 Å². The van der Waals surface area contributed by atoms with Gasteiger partial charge in [0, 0.05) is 28.6 Å². The van der Waals surface area contributed by atoms with E-state index in [1.54, 1.807) is 6.08 Å². The lowest BCUT2D eigenvalue weighted by atomic mass is 9.90. The van der Waals surface area contributed by atoms with E-state index in [0.717, 1.165) is 46.4 Å². The molecule has 1 aliphatic rings. The van der Waals surface area contributed by atoms with Crippen molar-refractivity contribution in [1.82, 2.24) is 4.98 Å². The summed E-state index contributed by atoms with van der Waals surface area (Å²) in [5.41, 5.74) is 4.60. The van der Waals surface area contributed by atoms with Gasteiger partial charge in [-0.3, -0.25) is 9.59 Å². The number of nitrogens with zero attached hydrogens (tertiary/aromatic N) is 1. The number of pyridine rings is 1. The van der Waals surface area contributed by atoms with E-state index >= 15 is 0 Å². The van der Waals surface area contributed by atoms with Gasteiger partial charge in [0.15, 0.2) is 11.6 Å². The number of Topliss-reactive ketones (excluding diaryl/α,β-unsaturated/α-hetero) is 2. The van der Waals surface area contributed by atoms with E-state index in [4.69, 9.17) is 14.5 Å². The van der Waals surface area contributed by atoms with Crippen molar-refractivity contribution in [2.45, 2.75) is 72.6 Å². The molecule has 0 spiro atoms. The maximum absolute atomic E-state index is 13.5. The third-order valence-electron chi connectivity index (χ3n) is 7.63. The van der Waals surface area contributed by atoms with E-state index in [1.165, 1.54) is 19.8 Å². The Kier molecular flexibility index (Phi) is 10.3. The fourth-order valence-corrected chi connectivity index (χ4v) is 5.30. The minimum absolute atomic E-state index is 0.0710. The Morgan fingerprint density at radius 2 is 1.75 bits per heavy atom. The van der Waals surface area contributed by atoms with Crippen LogP contribution in [0.5, 0.6) is 5.75 Å². The Morgan fingerprint density at radius 3 is 2.45 bits per heavy atom. The first-order valence-electron chi connectivity index (χ1n) is 14.7. The number of rotatable bonds is 14. The van der Waals surface area contributed by atoms with E-state index in [0.29, 0.717) is 48.8 Å². The topological polar surface area (TPSA) is 65.5 Å². The molecule has 5 nitrogen and oxygen atoms in total. The molecule has 5 heteroatoms. The van der Waals surface area contributed by atoms with Gasteiger partial charge >= 0.3 is 0 Å². The van der Waals surface area contributed by atoms with Crippen molar-refractivity contribution in [3.8, 4) is 16.9 Å². The molecule has 1 unspecified atom stereocenters. The molecular formula is C35H41NO4. The van der Waals surface area contributed by atoms with E-state index in [-0.39, 0.29) is 18.0 Å². The maximum Gasteiger partial charge on any atom is 0.169 e. The Labute approximate surface area is 238 Å². The van der Waals surface area contributed by atoms with Crippen LogP contribution in [-0.2, 0) is 20.7 Å². The van der Waals surface area contributed by atoms with Gasteiger partial charge in [0.05, 0.1) is 25.4 Å². The highest BCUT2D eigenvalue weighted by molar-refractivity contribution is 6.08. The highest BCUT2D eigenvalue weighted by atomic mass is 16.5. The monoisotopic (exact) mass is 539 g/mol. The summed E-state index contributed by atoms with van der Waals surface area (Å²) in [6.45, 7) is 9.03. The summed E-state index contributed by atoms with van der Waals surface area (Å²) < 4.78 is 12.1. The summed E-state index contributed by atoms with van der Waals surface area (Å²) in [4.78, 5) is 30.8. The van der Waals surface area contributed by atoms with Crippen LogP contribution in [0, 0.1) is 5.92 Å². The molecule has 0 radical (unpaired) electrons. The van der Waals surface area contributed by atoms with Crippen molar-refractivity contribution >= 4 is 22.5 Å². The lowest BCUT2D eigenvalue weighted by molar-refractivity contribution is -0.117. The second-order valence-corrected chi connectivity index (χ2v) is 10.5. The molecule has 0 N–H and O–H groups in total. The largest absolute Gasteiger partial charge is 0.498 e. The smallest absolute Gasteiger partial charge is 0.169 e. The van der Waals surface area contributed by atoms with Crippen LogP contribution < -0.4 is 4.74 Å². The number of allylic oxidation sites excluding steroid dienone is 4. The predicted molar refractivity (Wildman–Crippen MR) is 161 cm³/mol. The second-order valence-electron chi connectivity index (χ2n) is 10.5. The predicted octanol–water partition coefficient (Wildman–Crippen LogP) is 8.21. The number of fused-ring (bicyclic) bond motifs is 1. The molecule has 0 bridgehead atoms. The lowest BCUT2D eigenvalue weighted by Crippen LogP contribution is -2.16. The zero-order valence-corrected chi connectivity index (χ0v) is 24.3. The Hall–Kier alpha value is -3.73. The van der Waals surface area contributed by atoms with Crippen LogP contribution in [0.25, 0.3) is 22.0 Å². The number of benzene rings is 2. The van der Waals surface area contributed by atoms with E-state index in [9.17, 15) is 9.59 Å². The standard InChI is InChI=1S/C35H41NO4/c1-5-8-12-25(6-2)23-40-34-20-19-30(26-13-10-9-11-14-26)31-17-15-27(36-35(31)34)21-33(38)32-22-28(39-7-3)16-18-29(32)24(4)37/h9-11,13-15,17,19-20,22,25H,5-8,12,16,18,21,23H2,1-4H3. The van der Waals surface area contributed by atoms with Crippen molar-refractivity contribution in [2.24, 2.45) is 5.92 Å². The lowest BCUT2D eigenvalue weighted by Gasteiger charge is -2.19. The molecule has 4 rings (SSSR count). The molecule has 2 aromatic carbocycles. The number of hydrogen-bond donors (Lipinski definition) is 0. The van der Waals surface area contributed by atoms with Gasteiger partial charge in [-0.2, -0.15) is 0 Å². The van der Waals surface area contributed by atoms with Crippen LogP contribution >= 0.6 is 0 Å². The van der Waals surface area contributed by atoms with Crippen molar-refractivity contribution in [3.63, 3.8) is 0 Å². The fraction of sp³-hybridized carbons (Fsp3) is 0.400. The molecule has 1 aliphatic carbocycles. The number of ether oxygens (including phenoxy) is 2. The summed E-state index contributed by atoms with van der Waals surface area (Å²) in [7, 11) is 0. The molecule has 0 aliphatic heterocycles. The van der Waals surface area contributed by atoms with E-state index in [1.807, 2.05) is 43.3 Å². The summed E-state index contributed by atoms with van der Waals surface area (Å²) in [5, 5.41) is 0.987. The molecule has 0 fully saturated rings. The molecule has 1 atom stereocenters. The zero-order valence-electron chi connectivity index (χ0n) is 24.3. The summed E-state index contributed by atoms with van der Waals surface area (Å²) >= 11 is 0. The third kappa shape index (κ3) is 7.07. The van der Waals surface area contributed by atoms with Gasteiger partial charge in [-0.1, -0.05) is 69.5 Å². The molecule has 0 amide bonds. The molecular weight excluding hydrogens is 498 g/mol. The normalized spacial score (nSPS) is 14.2. The Morgan fingerprint density at radius 1 is 0.950 bits per heavy atom. The van der Waals surface area contributed by atoms with Gasteiger partial charge in [0.25, 0.3) is 0 Å². The first-order chi connectivity index (χ1) is 19.4. The fourth-order valence-electron chi connectivity index (χ4n) is 5.30. The number of hydrogen-bond acceptors (Lipinski definition) is 5. The van der Waals surface area contributed by atoms with Crippen LogP contribution in [0.4, 0.5) is 0 Å². The molecule has 1 aromatic heterocycles. The van der Waals surface area contributed by atoms with E-state index in [2.05, 4.69) is 32.0 Å². The molecule has 1 heterocycles. The number of aromatic nitrogens is 1. The Balaban J connectivity index is 1.70. The highest BCUT2D eigenvalue weighted by Gasteiger charge is 2.23. The maximum atomic E-state index is 13.5. The van der Waals surface area contributed by atoms with Crippen LogP contribution in [0.15, 0.2) is 77.6 Å².